The van der Waals surface area contributed by atoms with E-state index in [4.69, 9.17) is 34.8 Å². The molecule has 0 aliphatic carbocycles. The lowest BCUT2D eigenvalue weighted by Gasteiger charge is -2.28. The summed E-state index contributed by atoms with van der Waals surface area (Å²) in [4.78, 5) is 2.18. The quantitative estimate of drug-likeness (QED) is 0.349. The van der Waals surface area contributed by atoms with Crippen molar-refractivity contribution in [2.45, 2.75) is 25.2 Å². The molecule has 3 aromatic rings. The number of para-hydroxylation sites is 1. The number of benzene rings is 3. The van der Waals surface area contributed by atoms with Crippen LogP contribution in [0.25, 0.3) is 0 Å². The van der Waals surface area contributed by atoms with Crippen molar-refractivity contribution in [2.24, 2.45) is 0 Å². The number of rotatable bonds is 8. The summed E-state index contributed by atoms with van der Waals surface area (Å²) >= 11 is 18.2. The summed E-state index contributed by atoms with van der Waals surface area (Å²) in [5, 5.41) is 1.13. The van der Waals surface area contributed by atoms with Crippen LogP contribution in [-0.4, -0.2) is 21.5 Å². The number of halogens is 3. The van der Waals surface area contributed by atoms with Crippen LogP contribution >= 0.6 is 34.8 Å². The monoisotopic (exact) mass is 496 g/mol. The number of aryl methyl sites for hydroxylation is 2. The first kappa shape index (κ1) is 23.9. The summed E-state index contributed by atoms with van der Waals surface area (Å²) in [6, 6.07) is 18.2. The van der Waals surface area contributed by atoms with Crippen molar-refractivity contribution in [3.05, 3.63) is 86.9 Å². The van der Waals surface area contributed by atoms with Gasteiger partial charge in [0.15, 0.2) is 0 Å². The van der Waals surface area contributed by atoms with Crippen LogP contribution in [0.4, 0.5) is 11.4 Å². The molecule has 0 fully saturated rings. The molecule has 0 radical (unpaired) electrons. The highest BCUT2D eigenvalue weighted by Gasteiger charge is 2.19. The van der Waals surface area contributed by atoms with Gasteiger partial charge in [-0.05, 0) is 67.8 Å². The van der Waals surface area contributed by atoms with Crippen LogP contribution in [0.2, 0.25) is 15.1 Å². The minimum atomic E-state index is -3.74. The molecule has 0 spiro atoms. The minimum Gasteiger partial charge on any atom is -0.341 e. The number of anilines is 2. The smallest absolute Gasteiger partial charge is 0.242 e. The molecule has 0 bridgehead atoms. The van der Waals surface area contributed by atoms with E-state index in [2.05, 4.69) is 9.62 Å². The Labute approximate surface area is 198 Å². The number of nitrogens with one attached hydrogen (secondary N) is 1. The highest BCUT2D eigenvalue weighted by Crippen LogP contribution is 2.33. The zero-order valence-electron chi connectivity index (χ0n) is 17.2. The van der Waals surface area contributed by atoms with Crippen molar-refractivity contribution >= 4 is 56.2 Å². The third-order valence-corrected chi connectivity index (χ3v) is 7.32. The van der Waals surface area contributed by atoms with Crippen molar-refractivity contribution < 1.29 is 8.42 Å². The van der Waals surface area contributed by atoms with Gasteiger partial charge in [-0.3, -0.25) is 0 Å². The van der Waals surface area contributed by atoms with Crippen molar-refractivity contribution in [3.8, 4) is 0 Å². The van der Waals surface area contributed by atoms with Gasteiger partial charge in [0.1, 0.15) is 4.90 Å². The second kappa shape index (κ2) is 10.2. The van der Waals surface area contributed by atoms with E-state index < -0.39 is 10.0 Å². The molecule has 0 saturated carbocycles. The Bertz CT molecular complexity index is 1180. The molecule has 8 heteroatoms. The fraction of sp³-hybridized carbons (Fsp3) is 0.217. The van der Waals surface area contributed by atoms with Gasteiger partial charge in [-0.2, -0.15) is 0 Å². The predicted octanol–water partition coefficient (Wildman–Crippen LogP) is 6.77. The standard InChI is InChI=1S/C23H23Cl3N2O2S/c1-16-6-3-4-7-21(16)28(22-15-19(25)9-8-17(22)2)13-5-12-27-31(29,30)23-11-10-18(24)14-20(23)26/h3-4,6-11,14-15,27H,5,12-13H2,1-2H3. The first-order valence-corrected chi connectivity index (χ1v) is 12.3. The van der Waals surface area contributed by atoms with Crippen molar-refractivity contribution in [3.63, 3.8) is 0 Å². The van der Waals surface area contributed by atoms with Gasteiger partial charge >= 0.3 is 0 Å². The van der Waals surface area contributed by atoms with E-state index in [-0.39, 0.29) is 16.5 Å². The van der Waals surface area contributed by atoms with Crippen LogP contribution < -0.4 is 9.62 Å². The van der Waals surface area contributed by atoms with Gasteiger partial charge in [-0.1, -0.05) is 59.1 Å². The molecule has 0 aromatic heterocycles. The van der Waals surface area contributed by atoms with Crippen LogP contribution in [0.15, 0.2) is 65.6 Å². The minimum absolute atomic E-state index is 0.0139. The molecule has 0 aliphatic heterocycles. The summed E-state index contributed by atoms with van der Waals surface area (Å²) in [7, 11) is -3.74. The van der Waals surface area contributed by atoms with E-state index in [1.807, 2.05) is 56.3 Å². The van der Waals surface area contributed by atoms with Gasteiger partial charge in [0.05, 0.1) is 5.02 Å². The highest BCUT2D eigenvalue weighted by atomic mass is 35.5. The third kappa shape index (κ3) is 5.93. The average molecular weight is 498 g/mol. The van der Waals surface area contributed by atoms with Crippen LogP contribution in [0.3, 0.4) is 0 Å². The molecule has 1 N–H and O–H groups in total. The lowest BCUT2D eigenvalue weighted by molar-refractivity contribution is 0.579. The summed E-state index contributed by atoms with van der Waals surface area (Å²) in [6.45, 7) is 4.93. The lowest BCUT2D eigenvalue weighted by Crippen LogP contribution is -2.28. The summed E-state index contributed by atoms with van der Waals surface area (Å²) in [5.74, 6) is 0. The predicted molar refractivity (Wildman–Crippen MR) is 131 cm³/mol. The molecule has 0 unspecified atom stereocenters. The van der Waals surface area contributed by atoms with Crippen molar-refractivity contribution in [1.82, 2.24) is 4.72 Å². The fourth-order valence-electron chi connectivity index (χ4n) is 3.32. The van der Waals surface area contributed by atoms with E-state index >= 15 is 0 Å². The lowest BCUT2D eigenvalue weighted by atomic mass is 10.1. The van der Waals surface area contributed by atoms with Gasteiger partial charge < -0.3 is 4.90 Å². The van der Waals surface area contributed by atoms with Crippen LogP contribution in [0, 0.1) is 13.8 Å². The van der Waals surface area contributed by atoms with Gasteiger partial charge in [0.2, 0.25) is 10.0 Å². The topological polar surface area (TPSA) is 49.4 Å². The van der Waals surface area contributed by atoms with E-state index in [0.717, 1.165) is 22.5 Å². The Morgan fingerprint density at radius 3 is 2.19 bits per heavy atom. The maximum Gasteiger partial charge on any atom is 0.242 e. The number of nitrogens with zero attached hydrogens (tertiary/aromatic N) is 1. The molecule has 0 aliphatic rings. The summed E-state index contributed by atoms with van der Waals surface area (Å²) < 4.78 is 27.9. The first-order valence-electron chi connectivity index (χ1n) is 9.73. The van der Waals surface area contributed by atoms with E-state index in [1.165, 1.54) is 18.2 Å². The Hall–Kier alpha value is -1.76. The third-order valence-electron chi connectivity index (χ3n) is 4.90. The second-order valence-corrected chi connectivity index (χ2v) is 10.2. The maximum absolute atomic E-state index is 12.6. The summed E-state index contributed by atoms with van der Waals surface area (Å²) in [5.41, 5.74) is 4.25. The van der Waals surface area contributed by atoms with E-state index in [0.29, 0.717) is 23.0 Å². The second-order valence-electron chi connectivity index (χ2n) is 7.20. The molecule has 0 atom stereocenters. The average Bonchev–Trinajstić information content (AvgIpc) is 2.70. The van der Waals surface area contributed by atoms with Gasteiger partial charge in [-0.15, -0.1) is 0 Å². The molecule has 31 heavy (non-hydrogen) atoms. The largest absolute Gasteiger partial charge is 0.341 e. The SMILES string of the molecule is Cc1ccccc1N(CCCNS(=O)(=O)c1ccc(Cl)cc1Cl)c1cc(Cl)ccc1C. The zero-order valence-corrected chi connectivity index (χ0v) is 20.3. The van der Waals surface area contributed by atoms with Crippen molar-refractivity contribution in [2.75, 3.05) is 18.0 Å². The maximum atomic E-state index is 12.6. The first-order chi connectivity index (χ1) is 14.7. The normalized spacial score (nSPS) is 11.5. The van der Waals surface area contributed by atoms with Crippen LogP contribution in [-0.2, 0) is 10.0 Å². The van der Waals surface area contributed by atoms with Crippen LogP contribution in [0.5, 0.6) is 0 Å². The van der Waals surface area contributed by atoms with Gasteiger partial charge in [0.25, 0.3) is 0 Å². The number of sulfonamides is 1. The molecular formula is C23H23Cl3N2O2S. The van der Waals surface area contributed by atoms with Gasteiger partial charge in [-0.25, -0.2) is 13.1 Å². The fourth-order valence-corrected chi connectivity index (χ4v) is 5.34. The van der Waals surface area contributed by atoms with Crippen molar-refractivity contribution in [1.29, 1.82) is 0 Å². The zero-order chi connectivity index (χ0) is 22.6. The Morgan fingerprint density at radius 2 is 1.48 bits per heavy atom. The van der Waals surface area contributed by atoms with E-state index in [9.17, 15) is 8.42 Å². The molecule has 0 heterocycles. The Balaban J connectivity index is 1.77. The number of hydrogen-bond donors (Lipinski definition) is 1. The molecular weight excluding hydrogens is 475 g/mol. The number of hydrogen-bond acceptors (Lipinski definition) is 3. The Morgan fingerprint density at radius 1 is 0.839 bits per heavy atom. The summed E-state index contributed by atoms with van der Waals surface area (Å²) in [6.07, 6.45) is 0.574. The van der Waals surface area contributed by atoms with Gasteiger partial charge in [0, 0.05) is 34.5 Å². The molecule has 3 rings (SSSR count). The Kier molecular flexibility index (Phi) is 7.89. The molecule has 4 nitrogen and oxygen atoms in total. The highest BCUT2D eigenvalue weighted by molar-refractivity contribution is 7.89. The molecule has 164 valence electrons. The van der Waals surface area contributed by atoms with E-state index in [1.54, 1.807) is 0 Å². The molecule has 0 amide bonds. The van der Waals surface area contributed by atoms with Crippen LogP contribution in [0.1, 0.15) is 17.5 Å². The molecule has 3 aromatic carbocycles. The molecule has 0 saturated heterocycles.